The molecule has 0 atom stereocenters. The number of rotatable bonds is 2. The Kier molecular flexibility index (Phi) is 2.56. The zero-order valence-corrected chi connectivity index (χ0v) is 10.8. The average molecular weight is 238 g/mol. The highest BCUT2D eigenvalue weighted by molar-refractivity contribution is 8.03. The van der Waals surface area contributed by atoms with Gasteiger partial charge in [-0.05, 0) is 54.3 Å². The van der Waals surface area contributed by atoms with Crippen LogP contribution in [0.3, 0.4) is 0 Å². The van der Waals surface area contributed by atoms with Gasteiger partial charge >= 0.3 is 0 Å². The zero-order valence-electron chi connectivity index (χ0n) is 10.0. The van der Waals surface area contributed by atoms with Gasteiger partial charge in [-0.25, -0.2) is 0 Å². The fourth-order valence-electron chi connectivity index (χ4n) is 2.21. The summed E-state index contributed by atoms with van der Waals surface area (Å²) in [7, 11) is 0. The summed E-state index contributed by atoms with van der Waals surface area (Å²) in [6.07, 6.45) is 6.75. The summed E-state index contributed by atoms with van der Waals surface area (Å²) in [5, 5.41) is 0. The molecular weight excluding hydrogens is 224 g/mol. The standard InChI is InChI=1S/C16H14S/c1-11-8-9-14-12(2)16(10-15(11)14)17-13-6-4-3-5-7-13/h3-10H,1-2H3. The minimum absolute atomic E-state index is 1.31. The number of fused-ring (bicyclic) bond motifs is 1. The highest BCUT2D eigenvalue weighted by Gasteiger charge is 2.21. The van der Waals surface area contributed by atoms with Gasteiger partial charge in [0.25, 0.3) is 0 Å². The third-order valence-electron chi connectivity index (χ3n) is 3.24. The van der Waals surface area contributed by atoms with Crippen LogP contribution in [0.5, 0.6) is 0 Å². The SMILES string of the molecule is CC1=C2C=C(Sc3ccccc3)C(C)=C2C=C1. The molecule has 1 heteroatoms. The van der Waals surface area contributed by atoms with E-state index in [0.717, 1.165) is 0 Å². The van der Waals surface area contributed by atoms with Gasteiger partial charge in [-0.3, -0.25) is 0 Å². The molecule has 0 nitrogen and oxygen atoms in total. The Hall–Kier alpha value is -1.47. The molecule has 84 valence electrons. The highest BCUT2D eigenvalue weighted by Crippen LogP contribution is 2.44. The van der Waals surface area contributed by atoms with Crippen LogP contribution in [-0.2, 0) is 0 Å². The first-order chi connectivity index (χ1) is 8.25. The van der Waals surface area contributed by atoms with E-state index in [1.54, 1.807) is 0 Å². The first-order valence-corrected chi connectivity index (χ1v) is 6.62. The van der Waals surface area contributed by atoms with Gasteiger partial charge in [0.15, 0.2) is 0 Å². The lowest BCUT2D eigenvalue weighted by Crippen LogP contribution is -1.79. The lowest BCUT2D eigenvalue weighted by molar-refractivity contribution is 1.44. The van der Waals surface area contributed by atoms with Gasteiger partial charge in [0, 0.05) is 9.80 Å². The molecule has 0 aliphatic heterocycles. The lowest BCUT2D eigenvalue weighted by Gasteiger charge is -2.04. The Balaban J connectivity index is 1.93. The minimum atomic E-state index is 1.31. The van der Waals surface area contributed by atoms with Crippen molar-refractivity contribution in [1.82, 2.24) is 0 Å². The first kappa shape index (κ1) is 10.7. The van der Waals surface area contributed by atoms with E-state index >= 15 is 0 Å². The second-order valence-corrected chi connectivity index (χ2v) is 5.51. The molecule has 0 amide bonds. The van der Waals surface area contributed by atoms with Gasteiger partial charge in [0.1, 0.15) is 0 Å². The van der Waals surface area contributed by atoms with Gasteiger partial charge in [0.2, 0.25) is 0 Å². The monoisotopic (exact) mass is 238 g/mol. The Morgan fingerprint density at radius 1 is 0.882 bits per heavy atom. The summed E-state index contributed by atoms with van der Waals surface area (Å²) in [5.41, 5.74) is 5.59. The van der Waals surface area contributed by atoms with Crippen molar-refractivity contribution in [1.29, 1.82) is 0 Å². The van der Waals surface area contributed by atoms with Crippen LogP contribution in [0, 0.1) is 0 Å². The van der Waals surface area contributed by atoms with Crippen LogP contribution in [-0.4, -0.2) is 0 Å². The molecule has 0 spiro atoms. The van der Waals surface area contributed by atoms with E-state index in [1.807, 2.05) is 11.8 Å². The fraction of sp³-hybridized carbons (Fsp3) is 0.125. The molecule has 3 rings (SSSR count). The molecule has 0 heterocycles. The molecule has 17 heavy (non-hydrogen) atoms. The van der Waals surface area contributed by atoms with Gasteiger partial charge in [-0.15, -0.1) is 0 Å². The maximum atomic E-state index is 2.32. The molecule has 0 bridgehead atoms. The predicted octanol–water partition coefficient (Wildman–Crippen LogP) is 4.88. The van der Waals surface area contributed by atoms with Crippen molar-refractivity contribution in [3.05, 3.63) is 75.8 Å². The summed E-state index contributed by atoms with van der Waals surface area (Å²) in [6, 6.07) is 10.6. The third kappa shape index (κ3) is 1.81. The molecule has 2 aliphatic rings. The largest absolute Gasteiger partial charge is 0.0898 e. The van der Waals surface area contributed by atoms with E-state index in [-0.39, 0.29) is 0 Å². The van der Waals surface area contributed by atoms with E-state index in [0.29, 0.717) is 0 Å². The molecule has 0 N–H and O–H groups in total. The molecule has 1 aromatic carbocycles. The minimum Gasteiger partial charge on any atom is -0.0898 e. The van der Waals surface area contributed by atoms with Gasteiger partial charge in [0.05, 0.1) is 0 Å². The van der Waals surface area contributed by atoms with Crippen LogP contribution in [0.25, 0.3) is 0 Å². The summed E-state index contributed by atoms with van der Waals surface area (Å²) in [6.45, 7) is 4.39. The average Bonchev–Trinajstić information content (AvgIpc) is 2.84. The van der Waals surface area contributed by atoms with E-state index in [2.05, 4.69) is 62.4 Å². The summed E-state index contributed by atoms with van der Waals surface area (Å²) < 4.78 is 0. The molecule has 0 unspecified atom stereocenters. The van der Waals surface area contributed by atoms with Crippen molar-refractivity contribution in [3.8, 4) is 0 Å². The molecule has 0 aromatic heterocycles. The maximum Gasteiger partial charge on any atom is 0.0164 e. The Morgan fingerprint density at radius 2 is 1.65 bits per heavy atom. The zero-order chi connectivity index (χ0) is 11.8. The number of hydrogen-bond donors (Lipinski definition) is 0. The van der Waals surface area contributed by atoms with Crippen LogP contribution < -0.4 is 0 Å². The number of benzene rings is 1. The van der Waals surface area contributed by atoms with E-state index in [1.165, 1.54) is 32.1 Å². The molecule has 0 fully saturated rings. The van der Waals surface area contributed by atoms with Crippen LogP contribution in [0.1, 0.15) is 13.8 Å². The topological polar surface area (TPSA) is 0 Å². The highest BCUT2D eigenvalue weighted by atomic mass is 32.2. The van der Waals surface area contributed by atoms with Gasteiger partial charge in [-0.2, -0.15) is 0 Å². The van der Waals surface area contributed by atoms with Crippen molar-refractivity contribution in [2.75, 3.05) is 0 Å². The number of allylic oxidation sites excluding steroid dienone is 7. The number of hydrogen-bond acceptors (Lipinski definition) is 1. The first-order valence-electron chi connectivity index (χ1n) is 5.81. The van der Waals surface area contributed by atoms with Crippen LogP contribution >= 0.6 is 11.8 Å². The van der Waals surface area contributed by atoms with Crippen molar-refractivity contribution >= 4 is 11.8 Å². The normalized spacial score (nSPS) is 17.9. The molecule has 0 radical (unpaired) electrons. The molecule has 1 aromatic rings. The van der Waals surface area contributed by atoms with Crippen molar-refractivity contribution in [3.63, 3.8) is 0 Å². The molecule has 0 saturated heterocycles. The quantitative estimate of drug-likeness (QED) is 0.707. The van der Waals surface area contributed by atoms with Crippen molar-refractivity contribution in [2.45, 2.75) is 18.7 Å². The second-order valence-electron chi connectivity index (χ2n) is 4.39. The summed E-state index contributed by atoms with van der Waals surface area (Å²) in [5.74, 6) is 0. The predicted molar refractivity (Wildman–Crippen MR) is 74.9 cm³/mol. The Bertz CT molecular complexity index is 583. The van der Waals surface area contributed by atoms with E-state index in [4.69, 9.17) is 0 Å². The van der Waals surface area contributed by atoms with Crippen molar-refractivity contribution < 1.29 is 0 Å². The van der Waals surface area contributed by atoms with Crippen molar-refractivity contribution in [2.24, 2.45) is 0 Å². The Labute approximate surface area is 106 Å². The van der Waals surface area contributed by atoms with Crippen LogP contribution in [0.2, 0.25) is 0 Å². The molecule has 2 aliphatic carbocycles. The molecule has 0 saturated carbocycles. The third-order valence-corrected chi connectivity index (χ3v) is 4.39. The van der Waals surface area contributed by atoms with E-state index < -0.39 is 0 Å². The summed E-state index contributed by atoms with van der Waals surface area (Å²) >= 11 is 1.85. The van der Waals surface area contributed by atoms with E-state index in [9.17, 15) is 0 Å². The number of thioether (sulfide) groups is 1. The summed E-state index contributed by atoms with van der Waals surface area (Å²) in [4.78, 5) is 2.69. The molecular formula is C16H14S. The maximum absolute atomic E-state index is 2.32. The van der Waals surface area contributed by atoms with Crippen LogP contribution in [0.4, 0.5) is 0 Å². The second kappa shape index (κ2) is 4.08. The fourth-order valence-corrected chi connectivity index (χ4v) is 3.20. The van der Waals surface area contributed by atoms with Gasteiger partial charge in [-0.1, -0.05) is 42.1 Å². The lowest BCUT2D eigenvalue weighted by atomic mass is 10.1. The Morgan fingerprint density at radius 3 is 2.35 bits per heavy atom. The van der Waals surface area contributed by atoms with Crippen LogP contribution in [0.15, 0.2) is 80.7 Å². The smallest absolute Gasteiger partial charge is 0.0164 e. The van der Waals surface area contributed by atoms with Gasteiger partial charge < -0.3 is 0 Å².